The molecule has 2 N–H and O–H groups in total. The Morgan fingerprint density at radius 3 is 2.50 bits per heavy atom. The lowest BCUT2D eigenvalue weighted by Crippen LogP contribution is -2.55. The molecule has 220 valence electrons. The summed E-state index contributed by atoms with van der Waals surface area (Å²) in [5.41, 5.74) is 1.10. The summed E-state index contributed by atoms with van der Waals surface area (Å²) in [4.78, 5) is 46.5. The molecule has 4 heterocycles. The van der Waals surface area contributed by atoms with Crippen molar-refractivity contribution in [1.82, 2.24) is 20.1 Å². The van der Waals surface area contributed by atoms with Crippen LogP contribution < -0.4 is 10.2 Å². The van der Waals surface area contributed by atoms with Crippen LogP contribution in [-0.2, 0) is 21.7 Å². The number of aliphatic hydroxyl groups is 1. The Labute approximate surface area is 244 Å². The zero-order chi connectivity index (χ0) is 29.8. The summed E-state index contributed by atoms with van der Waals surface area (Å²) in [6, 6.07) is 13.0. The summed E-state index contributed by atoms with van der Waals surface area (Å²) in [5.74, 6) is -1.81. The summed E-state index contributed by atoms with van der Waals surface area (Å²) < 4.78 is 16.2. The molecule has 0 radical (unpaired) electrons. The maximum absolute atomic E-state index is 16.2. The molecule has 0 spiro atoms. The van der Waals surface area contributed by atoms with Crippen LogP contribution in [0.4, 0.5) is 14.9 Å². The fraction of sp³-hybridized carbons (Fsp3) is 0.438. The van der Waals surface area contributed by atoms with Gasteiger partial charge in [-0.1, -0.05) is 32.0 Å². The van der Waals surface area contributed by atoms with Crippen LogP contribution in [0.2, 0.25) is 0 Å². The van der Waals surface area contributed by atoms with E-state index in [1.165, 1.54) is 0 Å². The molecule has 9 nitrogen and oxygen atoms in total. The first-order valence-corrected chi connectivity index (χ1v) is 14.5. The van der Waals surface area contributed by atoms with E-state index in [-0.39, 0.29) is 29.3 Å². The number of urea groups is 1. The number of likely N-dealkylation sites (tertiary alicyclic amines) is 1. The number of nitrogens with one attached hydrogen (secondary N) is 1. The van der Waals surface area contributed by atoms with Gasteiger partial charge in [-0.3, -0.25) is 29.7 Å². The van der Waals surface area contributed by atoms with E-state index >= 15 is 4.39 Å². The van der Waals surface area contributed by atoms with Gasteiger partial charge in [0.15, 0.2) is 0 Å². The number of fused-ring (bicyclic) bond motifs is 1. The largest absolute Gasteiger partial charge is 0.384 e. The van der Waals surface area contributed by atoms with Gasteiger partial charge in [-0.25, -0.2) is 9.18 Å². The quantitative estimate of drug-likeness (QED) is 0.449. The smallest absolute Gasteiger partial charge is 0.324 e. The number of halogens is 1. The number of hydrogen-bond acceptors (Lipinski definition) is 6. The van der Waals surface area contributed by atoms with E-state index in [4.69, 9.17) is 0 Å². The third-order valence-corrected chi connectivity index (χ3v) is 9.31. The van der Waals surface area contributed by atoms with Crippen molar-refractivity contribution in [3.05, 3.63) is 71.2 Å². The fourth-order valence-electron chi connectivity index (χ4n) is 6.69. The molecule has 3 saturated heterocycles. The molecule has 4 amide bonds. The lowest BCUT2D eigenvalue weighted by Gasteiger charge is -2.50. The molecule has 0 bridgehead atoms. The molecular formula is C32H36FN5O4. The van der Waals surface area contributed by atoms with E-state index in [0.717, 1.165) is 11.3 Å². The number of nitrogens with zero attached hydrogens (tertiary/aromatic N) is 4. The van der Waals surface area contributed by atoms with Crippen LogP contribution in [0.1, 0.15) is 55.7 Å². The van der Waals surface area contributed by atoms with Crippen LogP contribution in [0.5, 0.6) is 0 Å². The highest BCUT2D eigenvalue weighted by atomic mass is 19.1. The molecule has 2 atom stereocenters. The predicted molar refractivity (Wildman–Crippen MR) is 156 cm³/mol. The third kappa shape index (κ3) is 4.82. The summed E-state index contributed by atoms with van der Waals surface area (Å²) >= 11 is 0. The van der Waals surface area contributed by atoms with E-state index in [0.29, 0.717) is 56.6 Å². The van der Waals surface area contributed by atoms with E-state index in [9.17, 15) is 19.5 Å². The predicted octanol–water partition coefficient (Wildman–Crippen LogP) is 3.89. The normalized spacial score (nSPS) is 24.9. The minimum Gasteiger partial charge on any atom is -0.384 e. The maximum atomic E-state index is 16.2. The van der Waals surface area contributed by atoms with E-state index in [2.05, 4.69) is 15.2 Å². The molecular weight excluding hydrogens is 537 g/mol. The summed E-state index contributed by atoms with van der Waals surface area (Å²) in [6.07, 6.45) is 2.48. The molecule has 6 rings (SSSR count). The van der Waals surface area contributed by atoms with Gasteiger partial charge >= 0.3 is 6.03 Å². The zero-order valence-corrected chi connectivity index (χ0v) is 24.2. The van der Waals surface area contributed by atoms with Gasteiger partial charge in [0.05, 0.1) is 17.0 Å². The van der Waals surface area contributed by atoms with E-state index in [1.807, 2.05) is 38.1 Å². The van der Waals surface area contributed by atoms with Crippen molar-refractivity contribution in [2.24, 2.45) is 5.41 Å². The summed E-state index contributed by atoms with van der Waals surface area (Å²) in [6.45, 7) is 7.09. The molecule has 3 fully saturated rings. The number of likely N-dealkylation sites (N-methyl/N-ethyl adjacent to an activating group) is 1. The van der Waals surface area contributed by atoms with Crippen molar-refractivity contribution in [1.29, 1.82) is 0 Å². The van der Waals surface area contributed by atoms with Crippen molar-refractivity contribution in [3.8, 4) is 0 Å². The second-order valence-corrected chi connectivity index (χ2v) is 12.5. The van der Waals surface area contributed by atoms with Gasteiger partial charge in [0.25, 0.3) is 0 Å². The molecule has 1 unspecified atom stereocenters. The number of benzene rings is 2. The number of carbonyl (C=O) groups excluding carboxylic acids is 3. The Hall–Kier alpha value is -3.89. The van der Waals surface area contributed by atoms with E-state index in [1.54, 1.807) is 41.2 Å². The highest BCUT2D eigenvalue weighted by Crippen LogP contribution is 2.48. The number of carbonyl (C=O) groups is 3. The van der Waals surface area contributed by atoms with Gasteiger partial charge in [0.1, 0.15) is 5.82 Å². The summed E-state index contributed by atoms with van der Waals surface area (Å²) in [5, 5.41) is 14.7. The molecule has 10 heteroatoms. The average molecular weight is 574 g/mol. The van der Waals surface area contributed by atoms with Crippen LogP contribution in [0.3, 0.4) is 0 Å². The minimum absolute atomic E-state index is 0.00344. The molecule has 3 aromatic rings. The number of rotatable bonds is 5. The molecule has 3 aliphatic heterocycles. The molecule has 1 aromatic heterocycles. The number of piperidine rings is 2. The first kappa shape index (κ1) is 28.2. The average Bonchev–Trinajstić information content (AvgIpc) is 3.29. The number of pyridine rings is 1. The van der Waals surface area contributed by atoms with Crippen molar-refractivity contribution >= 4 is 34.4 Å². The van der Waals surface area contributed by atoms with Crippen molar-refractivity contribution in [2.75, 3.05) is 38.1 Å². The van der Waals surface area contributed by atoms with Gasteiger partial charge in [0, 0.05) is 74.4 Å². The highest BCUT2D eigenvalue weighted by Gasteiger charge is 2.50. The first-order chi connectivity index (χ1) is 20.0. The van der Waals surface area contributed by atoms with Gasteiger partial charge in [-0.15, -0.1) is 0 Å². The molecule has 2 aromatic carbocycles. The second-order valence-electron chi connectivity index (χ2n) is 12.5. The van der Waals surface area contributed by atoms with Crippen molar-refractivity contribution in [2.45, 2.75) is 51.2 Å². The number of aromatic nitrogens is 1. The topological polar surface area (TPSA) is 106 Å². The lowest BCUT2D eigenvalue weighted by molar-refractivity contribution is -0.134. The number of imide groups is 1. The third-order valence-electron chi connectivity index (χ3n) is 9.31. The van der Waals surface area contributed by atoms with Crippen molar-refractivity contribution < 1.29 is 23.9 Å². The maximum Gasteiger partial charge on any atom is 0.324 e. The minimum atomic E-state index is -1.42. The van der Waals surface area contributed by atoms with Gasteiger partial charge in [0.2, 0.25) is 11.8 Å². The van der Waals surface area contributed by atoms with Crippen LogP contribution in [0, 0.1) is 11.2 Å². The SMILES string of the molecule is CN1CCN(c2ccc(CN3CC[C@@](O)(c4ccc5ncc(C6CCC(=O)NC6=O)cc5c4F)C(C)(C)C3)cc2)C1=O. The molecule has 3 aliphatic rings. The van der Waals surface area contributed by atoms with Gasteiger partial charge in [-0.05, 0) is 48.2 Å². The molecule has 42 heavy (non-hydrogen) atoms. The monoisotopic (exact) mass is 573 g/mol. The van der Waals surface area contributed by atoms with Crippen LogP contribution in [0.15, 0.2) is 48.7 Å². The Bertz CT molecular complexity index is 1580. The second kappa shape index (κ2) is 10.4. The lowest BCUT2D eigenvalue weighted by atomic mass is 9.66. The van der Waals surface area contributed by atoms with Crippen molar-refractivity contribution in [3.63, 3.8) is 0 Å². The summed E-state index contributed by atoms with van der Waals surface area (Å²) in [7, 11) is 1.80. The van der Waals surface area contributed by atoms with Crippen LogP contribution in [-0.4, -0.2) is 71.0 Å². The molecule has 0 saturated carbocycles. The highest BCUT2D eigenvalue weighted by molar-refractivity contribution is 6.01. The van der Waals surface area contributed by atoms with E-state index < -0.39 is 28.7 Å². The first-order valence-electron chi connectivity index (χ1n) is 14.5. The molecule has 0 aliphatic carbocycles. The zero-order valence-electron chi connectivity index (χ0n) is 24.2. The Morgan fingerprint density at radius 1 is 1.07 bits per heavy atom. The Kier molecular flexibility index (Phi) is 7.01. The number of anilines is 1. The van der Waals surface area contributed by atoms with Gasteiger partial charge in [-0.2, -0.15) is 0 Å². The van der Waals surface area contributed by atoms with Crippen LogP contribution >= 0.6 is 0 Å². The fourth-order valence-corrected chi connectivity index (χ4v) is 6.69. The standard InChI is InChI=1S/C32H36FN5O4/c1-31(2)19-37(18-20-4-6-22(7-5-20)38-15-14-36(3)30(38)41)13-12-32(31,42)25-9-10-26-24(28(25)33)16-21(17-34-26)23-8-11-27(39)35-29(23)40/h4-7,9-10,16-17,23,42H,8,11-15,18-19H2,1-3H3,(H,35,39,40)/t23?,32-/m1/s1. The Morgan fingerprint density at radius 2 is 1.83 bits per heavy atom. The number of amides is 4. The number of hydrogen-bond donors (Lipinski definition) is 2. The van der Waals surface area contributed by atoms with Gasteiger partial charge < -0.3 is 10.0 Å². The Balaban J connectivity index is 1.21. The van der Waals surface area contributed by atoms with Crippen LogP contribution in [0.25, 0.3) is 10.9 Å².